The Kier molecular flexibility index (Phi) is 4.06. The van der Waals surface area contributed by atoms with Gasteiger partial charge in [-0.1, -0.05) is 18.2 Å². The Morgan fingerprint density at radius 2 is 1.74 bits per heavy atom. The maximum Gasteiger partial charge on any atom is 0.128 e. The van der Waals surface area contributed by atoms with Gasteiger partial charge in [-0.3, -0.25) is 0 Å². The lowest BCUT2D eigenvalue weighted by molar-refractivity contribution is 0.344. The lowest BCUT2D eigenvalue weighted by Gasteiger charge is -2.02. The van der Waals surface area contributed by atoms with Crippen LogP contribution in [0.1, 0.15) is 18.3 Å². The maximum absolute atomic E-state index is 6.04. The smallest absolute Gasteiger partial charge is 0.128 e. The Morgan fingerprint density at radius 3 is 2.48 bits per heavy atom. The summed E-state index contributed by atoms with van der Waals surface area (Å²) in [5, 5.41) is 3.02. The summed E-state index contributed by atoms with van der Waals surface area (Å²) >= 11 is 0. The van der Waals surface area contributed by atoms with Gasteiger partial charge in [0.15, 0.2) is 0 Å². The van der Waals surface area contributed by atoms with Crippen molar-refractivity contribution in [3.05, 3.63) is 59.2 Å². The molecule has 2 aromatic carbocycles. The largest absolute Gasteiger partial charge is 0.493 e. The van der Waals surface area contributed by atoms with Crippen LogP contribution in [0, 0.1) is 13.8 Å². The third kappa shape index (κ3) is 2.80. The molecule has 0 fully saturated rings. The fourth-order valence-electron chi connectivity index (χ4n) is 2.89. The minimum absolute atomic E-state index is 0.626. The fraction of sp³-hybridized carbons (Fsp3) is 0.211. The summed E-state index contributed by atoms with van der Waals surface area (Å²) in [6, 6.07) is 13.6. The zero-order valence-electron chi connectivity index (χ0n) is 13.7. The van der Waals surface area contributed by atoms with E-state index >= 15 is 0 Å². The summed E-state index contributed by atoms with van der Waals surface area (Å²) in [7, 11) is 0. The van der Waals surface area contributed by atoms with Gasteiger partial charge in [0.25, 0.3) is 0 Å². The van der Waals surface area contributed by atoms with Crippen LogP contribution in [0.25, 0.3) is 10.8 Å². The van der Waals surface area contributed by atoms with Crippen LogP contribution in [-0.2, 0) is 0 Å². The van der Waals surface area contributed by atoms with Gasteiger partial charge in [0.1, 0.15) is 5.75 Å². The van der Waals surface area contributed by atoms with Crippen molar-refractivity contribution < 1.29 is 4.74 Å². The highest BCUT2D eigenvalue weighted by molar-refractivity contribution is 5.92. The van der Waals surface area contributed by atoms with Gasteiger partial charge >= 0.3 is 0 Å². The number of anilines is 1. The van der Waals surface area contributed by atoms with Gasteiger partial charge in [-0.25, -0.2) is 4.99 Å². The zero-order chi connectivity index (χ0) is 16.4. The fourth-order valence-corrected chi connectivity index (χ4v) is 2.89. The van der Waals surface area contributed by atoms with E-state index in [2.05, 4.69) is 18.8 Å². The van der Waals surface area contributed by atoms with Crippen molar-refractivity contribution in [3.63, 3.8) is 0 Å². The number of nitrogen functional groups attached to an aromatic ring is 1. The van der Waals surface area contributed by atoms with Crippen molar-refractivity contribution in [3.8, 4) is 5.75 Å². The van der Waals surface area contributed by atoms with E-state index in [-0.39, 0.29) is 0 Å². The number of nitrogens with two attached hydrogens (primary N) is 1. The molecule has 0 unspecified atom stereocenters. The minimum Gasteiger partial charge on any atom is -0.493 e. The second-order valence-corrected chi connectivity index (χ2v) is 5.50. The van der Waals surface area contributed by atoms with E-state index in [0.29, 0.717) is 12.3 Å². The van der Waals surface area contributed by atoms with Crippen molar-refractivity contribution in [2.45, 2.75) is 20.8 Å². The molecule has 1 aromatic heterocycles. The summed E-state index contributed by atoms with van der Waals surface area (Å²) in [4.78, 5) is 8.18. The molecule has 3 aromatic rings. The maximum atomic E-state index is 6.04. The number of hydrogen-bond donors (Lipinski definition) is 2. The molecule has 0 spiro atoms. The van der Waals surface area contributed by atoms with Gasteiger partial charge in [-0.05, 0) is 45.0 Å². The molecule has 23 heavy (non-hydrogen) atoms. The first-order valence-corrected chi connectivity index (χ1v) is 7.76. The standard InChI is InChI=1S/C19H21N3O/c1-4-23-17-11-7-10-16(18-12(2)21-13(3)19(17)18)22-15-9-6-5-8-14(15)20/h5-11,21H,4,20H2,1-3H3. The van der Waals surface area contributed by atoms with Gasteiger partial charge in [0, 0.05) is 22.2 Å². The van der Waals surface area contributed by atoms with Crippen LogP contribution in [0.5, 0.6) is 5.75 Å². The number of aromatic amines is 1. The number of rotatable bonds is 3. The van der Waals surface area contributed by atoms with Crippen LogP contribution in [0.2, 0.25) is 0 Å². The van der Waals surface area contributed by atoms with E-state index in [1.54, 1.807) is 0 Å². The van der Waals surface area contributed by atoms with E-state index in [1.807, 2.05) is 49.4 Å². The Labute approximate surface area is 135 Å². The molecule has 0 saturated heterocycles. The Bertz CT molecular complexity index is 926. The highest BCUT2D eigenvalue weighted by Crippen LogP contribution is 2.28. The summed E-state index contributed by atoms with van der Waals surface area (Å²) in [5.41, 5.74) is 9.63. The molecule has 3 rings (SSSR count). The van der Waals surface area contributed by atoms with E-state index in [1.165, 1.54) is 0 Å². The summed E-state index contributed by atoms with van der Waals surface area (Å²) in [6.07, 6.45) is 0. The summed E-state index contributed by atoms with van der Waals surface area (Å²) in [5.74, 6) is 0.867. The van der Waals surface area contributed by atoms with E-state index in [9.17, 15) is 0 Å². The number of ether oxygens (including phenoxy) is 1. The molecule has 4 nitrogen and oxygen atoms in total. The molecule has 0 amide bonds. The van der Waals surface area contributed by atoms with E-state index in [4.69, 9.17) is 15.5 Å². The number of benzene rings is 1. The number of aryl methyl sites for hydroxylation is 2. The monoisotopic (exact) mass is 307 g/mol. The topological polar surface area (TPSA) is 63.4 Å². The van der Waals surface area contributed by atoms with Crippen LogP contribution in [-0.4, -0.2) is 11.6 Å². The average Bonchev–Trinajstić information content (AvgIpc) is 2.70. The molecular weight excluding hydrogens is 286 g/mol. The molecule has 0 atom stereocenters. The first-order chi connectivity index (χ1) is 11.1. The van der Waals surface area contributed by atoms with Crippen LogP contribution in [0.4, 0.5) is 11.4 Å². The van der Waals surface area contributed by atoms with Crippen molar-refractivity contribution in [2.24, 2.45) is 4.99 Å². The second kappa shape index (κ2) is 6.16. The molecule has 3 N–H and O–H groups in total. The SMILES string of the molecule is CCOc1cccc(=Nc2ccccc2N)c2c(C)[nH]c(C)c12. The number of nitrogens with zero attached hydrogens (tertiary/aromatic N) is 1. The first kappa shape index (κ1) is 15.2. The molecule has 0 bridgehead atoms. The van der Waals surface area contributed by atoms with Crippen molar-refractivity contribution >= 4 is 22.1 Å². The Morgan fingerprint density at radius 1 is 1.00 bits per heavy atom. The number of hydrogen-bond acceptors (Lipinski definition) is 3. The minimum atomic E-state index is 0.626. The van der Waals surface area contributed by atoms with Crippen LogP contribution >= 0.6 is 0 Å². The molecule has 1 heterocycles. The summed E-state index contributed by atoms with van der Waals surface area (Å²) in [6.45, 7) is 6.72. The Balaban J connectivity index is 2.40. The van der Waals surface area contributed by atoms with Crippen molar-refractivity contribution in [2.75, 3.05) is 12.3 Å². The Hall–Kier alpha value is -2.75. The van der Waals surface area contributed by atoms with Crippen LogP contribution < -0.4 is 15.8 Å². The van der Waals surface area contributed by atoms with Crippen molar-refractivity contribution in [1.82, 2.24) is 4.98 Å². The molecule has 0 radical (unpaired) electrons. The highest BCUT2D eigenvalue weighted by atomic mass is 16.5. The van der Waals surface area contributed by atoms with Crippen LogP contribution in [0.3, 0.4) is 0 Å². The van der Waals surface area contributed by atoms with Gasteiger partial charge < -0.3 is 15.5 Å². The third-order valence-electron chi connectivity index (χ3n) is 3.86. The number of nitrogens with one attached hydrogen (secondary N) is 1. The highest BCUT2D eigenvalue weighted by Gasteiger charge is 2.11. The third-order valence-corrected chi connectivity index (χ3v) is 3.86. The predicted octanol–water partition coefficient (Wildman–Crippen LogP) is 4.00. The van der Waals surface area contributed by atoms with E-state index in [0.717, 1.165) is 39.0 Å². The quantitative estimate of drug-likeness (QED) is 0.718. The number of H-pyrrole nitrogens is 1. The molecular formula is C19H21N3O. The second-order valence-electron chi connectivity index (χ2n) is 5.50. The zero-order valence-corrected chi connectivity index (χ0v) is 13.7. The van der Waals surface area contributed by atoms with Gasteiger partial charge in [-0.15, -0.1) is 0 Å². The van der Waals surface area contributed by atoms with Crippen molar-refractivity contribution in [1.29, 1.82) is 0 Å². The number of aromatic nitrogens is 1. The molecule has 0 saturated carbocycles. The van der Waals surface area contributed by atoms with E-state index < -0.39 is 0 Å². The normalized spacial score (nSPS) is 11.9. The average molecular weight is 307 g/mol. The van der Waals surface area contributed by atoms with Gasteiger partial charge in [0.05, 0.1) is 23.3 Å². The van der Waals surface area contributed by atoms with Gasteiger partial charge in [0.2, 0.25) is 0 Å². The lowest BCUT2D eigenvalue weighted by atomic mass is 10.2. The molecule has 0 aliphatic rings. The first-order valence-electron chi connectivity index (χ1n) is 7.76. The molecule has 0 aliphatic carbocycles. The lowest BCUT2D eigenvalue weighted by Crippen LogP contribution is -2.00. The van der Waals surface area contributed by atoms with Gasteiger partial charge in [-0.2, -0.15) is 0 Å². The summed E-state index contributed by atoms with van der Waals surface area (Å²) < 4.78 is 5.82. The number of para-hydroxylation sites is 2. The number of fused-ring (bicyclic) bond motifs is 1. The molecule has 0 aliphatic heterocycles. The predicted molar refractivity (Wildman–Crippen MR) is 95.0 cm³/mol. The molecule has 4 heteroatoms. The van der Waals surface area contributed by atoms with Crippen LogP contribution in [0.15, 0.2) is 47.5 Å². The molecule has 118 valence electrons.